The first-order valence-electron chi connectivity index (χ1n) is 7.15. The topological polar surface area (TPSA) is 55.2 Å². The van der Waals surface area contributed by atoms with Gasteiger partial charge in [-0.15, -0.1) is 0 Å². The number of nitro benzene ring substituents is 1. The minimum Gasteiger partial charge on any atom is -0.382 e. The lowest BCUT2D eigenvalue weighted by atomic mass is 9.99. The average Bonchev–Trinajstić information content (AvgIpc) is 2.92. The number of anilines is 1. The number of hydrogen-bond acceptors (Lipinski definition) is 3. The van der Waals surface area contributed by atoms with E-state index < -0.39 is 0 Å². The Morgan fingerprint density at radius 2 is 2.11 bits per heavy atom. The predicted octanol–water partition coefficient (Wildman–Crippen LogP) is 4.15. The van der Waals surface area contributed by atoms with Crippen LogP contribution in [0, 0.1) is 16.0 Å². The molecule has 2 rings (SSSR count). The molecule has 0 aliphatic heterocycles. The number of nitro groups is 1. The zero-order chi connectivity index (χ0) is 13.8. The highest BCUT2D eigenvalue weighted by Crippen LogP contribution is 2.30. The van der Waals surface area contributed by atoms with Crippen molar-refractivity contribution in [1.82, 2.24) is 0 Å². The second kappa shape index (κ2) is 6.04. The van der Waals surface area contributed by atoms with E-state index in [4.69, 9.17) is 0 Å². The summed E-state index contributed by atoms with van der Waals surface area (Å²) in [6.07, 6.45) is 5.85. The van der Waals surface area contributed by atoms with Crippen molar-refractivity contribution >= 4 is 11.4 Å². The van der Waals surface area contributed by atoms with Crippen molar-refractivity contribution in [2.45, 2.75) is 52.0 Å². The first kappa shape index (κ1) is 13.8. The molecule has 1 aliphatic rings. The van der Waals surface area contributed by atoms with Crippen LogP contribution in [0.3, 0.4) is 0 Å². The fraction of sp³-hybridized carbons (Fsp3) is 0.600. The molecular formula is C15H22N2O2. The molecule has 1 aromatic carbocycles. The molecule has 4 nitrogen and oxygen atoms in total. The Morgan fingerprint density at radius 3 is 2.68 bits per heavy atom. The molecule has 0 saturated heterocycles. The van der Waals surface area contributed by atoms with E-state index in [0.29, 0.717) is 18.4 Å². The molecule has 1 saturated carbocycles. The largest absolute Gasteiger partial charge is 0.382 e. The number of nitrogens with zero attached hydrogens (tertiary/aromatic N) is 1. The molecular weight excluding hydrogens is 240 g/mol. The van der Waals surface area contributed by atoms with Gasteiger partial charge >= 0.3 is 0 Å². The van der Waals surface area contributed by atoms with Gasteiger partial charge in [-0.1, -0.05) is 25.8 Å². The van der Waals surface area contributed by atoms with Crippen molar-refractivity contribution in [2.75, 3.05) is 5.32 Å². The fourth-order valence-electron chi connectivity index (χ4n) is 2.96. The van der Waals surface area contributed by atoms with Crippen LogP contribution in [0.4, 0.5) is 11.4 Å². The molecule has 1 aliphatic carbocycles. The SMILES string of the molecule is CCc1ccc(NC(C)C2CCCC2)cc1[N+](=O)[O-]. The molecule has 104 valence electrons. The van der Waals surface area contributed by atoms with Crippen LogP contribution >= 0.6 is 0 Å². The van der Waals surface area contributed by atoms with E-state index in [2.05, 4.69) is 12.2 Å². The molecule has 0 amide bonds. The van der Waals surface area contributed by atoms with Crippen LogP contribution in [0.15, 0.2) is 18.2 Å². The molecule has 0 bridgehead atoms. The van der Waals surface area contributed by atoms with Gasteiger partial charge in [-0.25, -0.2) is 0 Å². The van der Waals surface area contributed by atoms with Crippen LogP contribution in [0.1, 0.15) is 45.1 Å². The number of nitrogens with one attached hydrogen (secondary N) is 1. The Morgan fingerprint density at radius 1 is 1.42 bits per heavy atom. The summed E-state index contributed by atoms with van der Waals surface area (Å²) in [6, 6.07) is 5.87. The molecule has 0 spiro atoms. The monoisotopic (exact) mass is 262 g/mol. The third kappa shape index (κ3) is 3.25. The third-order valence-corrected chi connectivity index (χ3v) is 4.16. The highest BCUT2D eigenvalue weighted by atomic mass is 16.6. The zero-order valence-corrected chi connectivity index (χ0v) is 11.7. The van der Waals surface area contributed by atoms with Gasteiger partial charge in [0, 0.05) is 23.4 Å². The number of hydrogen-bond donors (Lipinski definition) is 1. The lowest BCUT2D eigenvalue weighted by Gasteiger charge is -2.21. The van der Waals surface area contributed by atoms with Crippen molar-refractivity contribution in [3.8, 4) is 0 Å². The zero-order valence-electron chi connectivity index (χ0n) is 11.7. The molecule has 19 heavy (non-hydrogen) atoms. The third-order valence-electron chi connectivity index (χ3n) is 4.16. The van der Waals surface area contributed by atoms with Crippen molar-refractivity contribution in [3.05, 3.63) is 33.9 Å². The van der Waals surface area contributed by atoms with E-state index in [1.165, 1.54) is 25.7 Å². The summed E-state index contributed by atoms with van der Waals surface area (Å²) >= 11 is 0. The van der Waals surface area contributed by atoms with E-state index in [-0.39, 0.29) is 10.6 Å². The van der Waals surface area contributed by atoms with E-state index in [9.17, 15) is 10.1 Å². The highest BCUT2D eigenvalue weighted by molar-refractivity contribution is 5.55. The van der Waals surface area contributed by atoms with Crippen LogP contribution in [0.5, 0.6) is 0 Å². The molecule has 4 heteroatoms. The lowest BCUT2D eigenvalue weighted by molar-refractivity contribution is -0.385. The van der Waals surface area contributed by atoms with Crippen molar-refractivity contribution < 1.29 is 4.92 Å². The Balaban J connectivity index is 2.11. The summed E-state index contributed by atoms with van der Waals surface area (Å²) in [5, 5.41) is 14.5. The standard InChI is InChI=1S/C15H22N2O2/c1-3-12-8-9-14(10-15(12)17(18)19)16-11(2)13-6-4-5-7-13/h8-11,13,16H,3-7H2,1-2H3. The first-order valence-corrected chi connectivity index (χ1v) is 7.15. The van der Waals surface area contributed by atoms with Gasteiger partial charge in [0.15, 0.2) is 0 Å². The molecule has 1 atom stereocenters. The molecule has 1 N–H and O–H groups in total. The first-order chi connectivity index (χ1) is 9.11. The molecule has 1 aromatic rings. The van der Waals surface area contributed by atoms with Crippen LogP contribution in [-0.2, 0) is 6.42 Å². The van der Waals surface area contributed by atoms with Crippen LogP contribution in [0.2, 0.25) is 0 Å². The quantitative estimate of drug-likeness (QED) is 0.640. The summed E-state index contributed by atoms with van der Waals surface area (Å²) in [5.41, 5.74) is 1.89. The van der Waals surface area contributed by atoms with Crippen LogP contribution in [-0.4, -0.2) is 11.0 Å². The predicted molar refractivity (Wildman–Crippen MR) is 77.5 cm³/mol. The lowest BCUT2D eigenvalue weighted by Crippen LogP contribution is -2.23. The van der Waals surface area contributed by atoms with Gasteiger partial charge in [0.05, 0.1) is 4.92 Å². The van der Waals surface area contributed by atoms with E-state index >= 15 is 0 Å². The van der Waals surface area contributed by atoms with Gasteiger partial charge in [0.25, 0.3) is 5.69 Å². The second-order valence-electron chi connectivity index (χ2n) is 5.43. The maximum atomic E-state index is 11.1. The van der Waals surface area contributed by atoms with Gasteiger partial charge in [0.1, 0.15) is 0 Å². The Labute approximate surface area is 114 Å². The fourth-order valence-corrected chi connectivity index (χ4v) is 2.96. The molecule has 0 radical (unpaired) electrons. The van der Waals surface area contributed by atoms with Gasteiger partial charge in [0.2, 0.25) is 0 Å². The number of rotatable bonds is 5. The molecule has 0 aromatic heterocycles. The van der Waals surface area contributed by atoms with Crippen LogP contribution < -0.4 is 5.32 Å². The normalized spacial score (nSPS) is 17.4. The Hall–Kier alpha value is -1.58. The Kier molecular flexibility index (Phi) is 4.40. The average molecular weight is 262 g/mol. The minimum absolute atomic E-state index is 0.228. The number of benzene rings is 1. The van der Waals surface area contributed by atoms with E-state index in [1.54, 1.807) is 6.07 Å². The van der Waals surface area contributed by atoms with E-state index in [1.807, 2.05) is 19.1 Å². The second-order valence-corrected chi connectivity index (χ2v) is 5.43. The summed E-state index contributed by atoms with van der Waals surface area (Å²) in [6.45, 7) is 4.12. The van der Waals surface area contributed by atoms with Gasteiger partial charge in [-0.3, -0.25) is 10.1 Å². The maximum Gasteiger partial charge on any atom is 0.274 e. The Bertz CT molecular complexity index is 453. The molecule has 1 fully saturated rings. The summed E-state index contributed by atoms with van der Waals surface area (Å²) < 4.78 is 0. The van der Waals surface area contributed by atoms with Gasteiger partial charge < -0.3 is 5.32 Å². The molecule has 0 heterocycles. The minimum atomic E-state index is -0.287. The summed E-state index contributed by atoms with van der Waals surface area (Å²) in [5.74, 6) is 0.699. The van der Waals surface area contributed by atoms with Crippen molar-refractivity contribution in [1.29, 1.82) is 0 Å². The maximum absolute atomic E-state index is 11.1. The van der Waals surface area contributed by atoms with Crippen LogP contribution in [0.25, 0.3) is 0 Å². The number of aryl methyl sites for hydroxylation is 1. The van der Waals surface area contributed by atoms with E-state index in [0.717, 1.165) is 11.3 Å². The summed E-state index contributed by atoms with van der Waals surface area (Å²) in [4.78, 5) is 10.8. The summed E-state index contributed by atoms with van der Waals surface area (Å²) in [7, 11) is 0. The van der Waals surface area contributed by atoms with Gasteiger partial charge in [-0.05, 0) is 38.2 Å². The van der Waals surface area contributed by atoms with Crippen molar-refractivity contribution in [2.24, 2.45) is 5.92 Å². The smallest absolute Gasteiger partial charge is 0.274 e. The van der Waals surface area contributed by atoms with Crippen molar-refractivity contribution in [3.63, 3.8) is 0 Å². The molecule has 1 unspecified atom stereocenters. The van der Waals surface area contributed by atoms with Gasteiger partial charge in [-0.2, -0.15) is 0 Å². The highest BCUT2D eigenvalue weighted by Gasteiger charge is 2.22.